The summed E-state index contributed by atoms with van der Waals surface area (Å²) in [6, 6.07) is 3.51. The number of carbonyl (C=O) groups excluding carboxylic acids is 2. The van der Waals surface area contributed by atoms with Crippen molar-refractivity contribution in [2.75, 3.05) is 25.0 Å². The molecule has 2 aromatic rings. The molecule has 9 heteroatoms. The predicted molar refractivity (Wildman–Crippen MR) is 107 cm³/mol. The molecule has 154 valence electrons. The molecule has 1 fully saturated rings. The molecule has 0 bridgehead atoms. The molecule has 29 heavy (non-hydrogen) atoms. The van der Waals surface area contributed by atoms with Gasteiger partial charge in [0.25, 0.3) is 5.91 Å². The third-order valence-electron chi connectivity index (χ3n) is 6.08. The van der Waals surface area contributed by atoms with E-state index in [0.717, 1.165) is 5.82 Å². The number of fused-ring (bicyclic) bond motifs is 1. The topological polar surface area (TPSA) is 96.2 Å². The minimum Gasteiger partial charge on any atom is -0.342 e. The zero-order chi connectivity index (χ0) is 20.8. The number of nitrogens with zero attached hydrogens (tertiary/aromatic N) is 6. The van der Waals surface area contributed by atoms with Gasteiger partial charge in [-0.25, -0.2) is 14.6 Å². The first-order chi connectivity index (χ1) is 13.8. The van der Waals surface area contributed by atoms with E-state index in [9.17, 15) is 9.59 Å². The summed E-state index contributed by atoms with van der Waals surface area (Å²) in [6.07, 6.45) is 3.40. The van der Waals surface area contributed by atoms with Crippen LogP contribution in [0.25, 0.3) is 0 Å². The number of piperidine rings is 1. The highest BCUT2D eigenvalue weighted by molar-refractivity contribution is 6.01. The number of rotatable bonds is 3. The predicted octanol–water partition coefficient (Wildman–Crippen LogP) is 1.44. The maximum atomic E-state index is 12.9. The minimum atomic E-state index is -0.500. The van der Waals surface area contributed by atoms with E-state index in [1.807, 2.05) is 37.4 Å². The van der Waals surface area contributed by atoms with Gasteiger partial charge >= 0.3 is 0 Å². The number of hydrogen-bond donors (Lipinski definition) is 1. The third-order valence-corrected chi connectivity index (χ3v) is 6.08. The fourth-order valence-corrected chi connectivity index (χ4v) is 4.41. The maximum Gasteiger partial charge on any atom is 0.256 e. The Morgan fingerprint density at radius 2 is 2.03 bits per heavy atom. The Morgan fingerprint density at radius 3 is 2.69 bits per heavy atom. The summed E-state index contributed by atoms with van der Waals surface area (Å²) in [7, 11) is 1.96. The average molecular weight is 397 g/mol. The van der Waals surface area contributed by atoms with Crippen LogP contribution < -0.4 is 10.2 Å². The van der Waals surface area contributed by atoms with Gasteiger partial charge in [0.05, 0.1) is 11.6 Å². The van der Waals surface area contributed by atoms with Crippen LogP contribution in [-0.4, -0.2) is 62.3 Å². The van der Waals surface area contributed by atoms with Gasteiger partial charge in [-0.05, 0) is 32.9 Å². The highest BCUT2D eigenvalue weighted by Crippen LogP contribution is 2.35. The molecule has 0 radical (unpaired) electrons. The molecule has 0 aromatic carbocycles. The van der Waals surface area contributed by atoms with Crippen LogP contribution in [0.3, 0.4) is 0 Å². The summed E-state index contributed by atoms with van der Waals surface area (Å²) in [4.78, 5) is 38.1. The molecule has 2 aliphatic rings. The highest BCUT2D eigenvalue weighted by Gasteiger charge is 2.45. The standard InChI is InChI=1S/C20H27N7O2/c1-13(27-15(3)22-14(2)24-27)12-17(28)26-10-7-20(8-11-26)23-19(29)16-6-5-9-21-18(16)25(20)4/h5-6,9,13H,7-8,10-12H2,1-4H3,(H,23,29)/t13-/m1/s1. The average Bonchev–Trinajstić information content (AvgIpc) is 3.05. The SMILES string of the molecule is Cc1nc(C)n([C@H](C)CC(=O)N2CCC3(CC2)NC(=O)c2cccnc2N3C)n1. The molecule has 4 rings (SSSR count). The first-order valence-corrected chi connectivity index (χ1v) is 9.99. The molecule has 1 saturated heterocycles. The Hall–Kier alpha value is -2.97. The van der Waals surface area contributed by atoms with Crippen molar-refractivity contribution in [2.24, 2.45) is 0 Å². The lowest BCUT2D eigenvalue weighted by Gasteiger charge is -2.50. The monoisotopic (exact) mass is 397 g/mol. The van der Waals surface area contributed by atoms with Crippen LogP contribution in [-0.2, 0) is 4.79 Å². The molecular weight excluding hydrogens is 370 g/mol. The number of anilines is 1. The largest absolute Gasteiger partial charge is 0.342 e. The second-order valence-electron chi connectivity index (χ2n) is 8.00. The molecule has 0 aliphatic carbocycles. The summed E-state index contributed by atoms with van der Waals surface area (Å²) in [5.74, 6) is 2.23. The Bertz CT molecular complexity index is 946. The van der Waals surface area contributed by atoms with Crippen LogP contribution in [0.2, 0.25) is 0 Å². The van der Waals surface area contributed by atoms with Crippen molar-refractivity contribution in [1.29, 1.82) is 0 Å². The number of likely N-dealkylation sites (tertiary alicyclic amines) is 1. The molecule has 4 heterocycles. The van der Waals surface area contributed by atoms with Crippen molar-refractivity contribution in [3.05, 3.63) is 35.5 Å². The van der Waals surface area contributed by atoms with Crippen molar-refractivity contribution in [2.45, 2.75) is 51.7 Å². The van der Waals surface area contributed by atoms with Crippen molar-refractivity contribution in [3.63, 3.8) is 0 Å². The maximum absolute atomic E-state index is 12.9. The van der Waals surface area contributed by atoms with E-state index in [-0.39, 0.29) is 17.9 Å². The van der Waals surface area contributed by atoms with Gasteiger partial charge in [0.2, 0.25) is 5.91 Å². The Labute approximate surface area is 170 Å². The fourth-order valence-electron chi connectivity index (χ4n) is 4.41. The number of amides is 2. The molecular formula is C20H27N7O2. The summed E-state index contributed by atoms with van der Waals surface area (Å²) < 4.78 is 1.82. The zero-order valence-corrected chi connectivity index (χ0v) is 17.3. The summed E-state index contributed by atoms with van der Waals surface area (Å²) in [5, 5.41) is 7.55. The van der Waals surface area contributed by atoms with E-state index in [0.29, 0.717) is 49.6 Å². The van der Waals surface area contributed by atoms with Crippen LogP contribution >= 0.6 is 0 Å². The van der Waals surface area contributed by atoms with Crippen LogP contribution in [0.4, 0.5) is 5.82 Å². The van der Waals surface area contributed by atoms with E-state index in [1.54, 1.807) is 18.3 Å². The molecule has 0 unspecified atom stereocenters. The molecule has 0 saturated carbocycles. The number of pyridine rings is 1. The molecule has 1 atom stereocenters. The molecule has 1 N–H and O–H groups in total. The Balaban J connectivity index is 1.42. The normalized spacial score (nSPS) is 19.1. The van der Waals surface area contributed by atoms with E-state index in [4.69, 9.17) is 0 Å². The van der Waals surface area contributed by atoms with Crippen LogP contribution in [0, 0.1) is 13.8 Å². The van der Waals surface area contributed by atoms with Gasteiger partial charge in [0.1, 0.15) is 23.1 Å². The van der Waals surface area contributed by atoms with Gasteiger partial charge in [-0.3, -0.25) is 9.59 Å². The molecule has 9 nitrogen and oxygen atoms in total. The Morgan fingerprint density at radius 1 is 1.31 bits per heavy atom. The second kappa shape index (κ2) is 7.13. The number of aryl methyl sites for hydroxylation is 2. The number of hydrogen-bond acceptors (Lipinski definition) is 6. The minimum absolute atomic E-state index is 0.0484. The number of nitrogens with one attached hydrogen (secondary N) is 1. The van der Waals surface area contributed by atoms with Crippen molar-refractivity contribution < 1.29 is 9.59 Å². The zero-order valence-electron chi connectivity index (χ0n) is 17.3. The summed E-state index contributed by atoms with van der Waals surface area (Å²) in [5.41, 5.74) is 0.0897. The molecule has 2 aromatic heterocycles. The number of aromatic nitrogens is 4. The van der Waals surface area contributed by atoms with E-state index in [1.165, 1.54) is 0 Å². The molecule has 2 aliphatic heterocycles. The van der Waals surface area contributed by atoms with Gasteiger partial charge in [-0.2, -0.15) is 5.10 Å². The molecule has 2 amide bonds. The fraction of sp³-hybridized carbons (Fsp3) is 0.550. The highest BCUT2D eigenvalue weighted by atomic mass is 16.2. The van der Waals surface area contributed by atoms with Crippen LogP contribution in [0.5, 0.6) is 0 Å². The van der Waals surface area contributed by atoms with Gasteiger partial charge in [0, 0.05) is 45.6 Å². The van der Waals surface area contributed by atoms with Gasteiger partial charge < -0.3 is 15.1 Å². The van der Waals surface area contributed by atoms with Gasteiger partial charge in [-0.1, -0.05) is 0 Å². The molecule has 1 spiro atoms. The lowest BCUT2D eigenvalue weighted by molar-refractivity contribution is -0.133. The van der Waals surface area contributed by atoms with E-state index in [2.05, 4.69) is 25.3 Å². The quantitative estimate of drug-likeness (QED) is 0.842. The first kappa shape index (κ1) is 19.4. The summed E-state index contributed by atoms with van der Waals surface area (Å²) in [6.45, 7) is 6.92. The lowest BCUT2D eigenvalue weighted by Crippen LogP contribution is -2.67. The van der Waals surface area contributed by atoms with Crippen LogP contribution in [0.1, 0.15) is 54.2 Å². The van der Waals surface area contributed by atoms with E-state index >= 15 is 0 Å². The lowest BCUT2D eigenvalue weighted by atomic mass is 9.91. The van der Waals surface area contributed by atoms with Gasteiger partial charge in [-0.15, -0.1) is 0 Å². The third kappa shape index (κ3) is 3.34. The van der Waals surface area contributed by atoms with Gasteiger partial charge in [0.15, 0.2) is 0 Å². The van der Waals surface area contributed by atoms with Crippen molar-refractivity contribution in [3.8, 4) is 0 Å². The van der Waals surface area contributed by atoms with Crippen molar-refractivity contribution in [1.82, 2.24) is 30.0 Å². The van der Waals surface area contributed by atoms with E-state index < -0.39 is 5.66 Å². The number of carbonyl (C=O) groups is 2. The van der Waals surface area contributed by atoms with Crippen LogP contribution in [0.15, 0.2) is 18.3 Å². The van der Waals surface area contributed by atoms with Crippen molar-refractivity contribution >= 4 is 17.6 Å². The second-order valence-corrected chi connectivity index (χ2v) is 8.00. The smallest absolute Gasteiger partial charge is 0.256 e. The Kier molecular flexibility index (Phi) is 4.76. The first-order valence-electron chi connectivity index (χ1n) is 9.99. The summed E-state index contributed by atoms with van der Waals surface area (Å²) >= 11 is 0.